The number of hydrogen-bond acceptors (Lipinski definition) is 4. The summed E-state index contributed by atoms with van der Waals surface area (Å²) in [6.07, 6.45) is 3.11. The van der Waals surface area contributed by atoms with Gasteiger partial charge in [0.1, 0.15) is 11.5 Å². The van der Waals surface area contributed by atoms with Crippen LogP contribution in [-0.2, 0) is 0 Å². The molecule has 0 N–H and O–H groups in total. The van der Waals surface area contributed by atoms with Gasteiger partial charge in [-0.2, -0.15) is 0 Å². The molecule has 0 bridgehead atoms. The molecule has 104 valence electrons. The predicted molar refractivity (Wildman–Crippen MR) is 87.6 cm³/mol. The van der Waals surface area contributed by atoms with Gasteiger partial charge >= 0.3 is 0 Å². The van der Waals surface area contributed by atoms with E-state index in [-0.39, 0.29) is 5.69 Å². The number of aromatic nitrogens is 1. The molecule has 3 aromatic rings. The van der Waals surface area contributed by atoms with Crippen molar-refractivity contribution in [3.8, 4) is 11.5 Å². The van der Waals surface area contributed by atoms with Gasteiger partial charge in [0.05, 0.1) is 10.3 Å². The number of benzene rings is 2. The Kier molecular flexibility index (Phi) is 3.70. The van der Waals surface area contributed by atoms with Gasteiger partial charge in [0, 0.05) is 27.4 Å². The van der Waals surface area contributed by atoms with Gasteiger partial charge in [0.15, 0.2) is 0 Å². The van der Waals surface area contributed by atoms with Crippen LogP contribution in [0.25, 0.3) is 10.8 Å². The SMILES string of the molecule is O=[N+]([O-])c1ccc(Oc2ccc(I)cc2)c2cnccc12. The van der Waals surface area contributed by atoms with Crippen LogP contribution in [-0.4, -0.2) is 9.91 Å². The maximum Gasteiger partial charge on any atom is 0.277 e. The van der Waals surface area contributed by atoms with Crippen molar-refractivity contribution < 1.29 is 9.66 Å². The van der Waals surface area contributed by atoms with E-state index in [4.69, 9.17) is 4.74 Å². The van der Waals surface area contributed by atoms with Crippen molar-refractivity contribution in [1.29, 1.82) is 0 Å². The second-order valence-corrected chi connectivity index (χ2v) is 5.56. The number of ether oxygens (including phenoxy) is 1. The van der Waals surface area contributed by atoms with Crippen molar-refractivity contribution in [3.63, 3.8) is 0 Å². The summed E-state index contributed by atoms with van der Waals surface area (Å²) < 4.78 is 6.92. The summed E-state index contributed by atoms with van der Waals surface area (Å²) in [5.41, 5.74) is 0.0439. The Hall–Kier alpha value is -2.22. The van der Waals surface area contributed by atoms with Crippen LogP contribution in [0.5, 0.6) is 11.5 Å². The van der Waals surface area contributed by atoms with E-state index in [0.29, 0.717) is 22.3 Å². The first kappa shape index (κ1) is 13.7. The number of rotatable bonds is 3. The Morgan fingerprint density at radius 2 is 1.81 bits per heavy atom. The summed E-state index contributed by atoms with van der Waals surface area (Å²) in [5, 5.41) is 12.2. The first-order chi connectivity index (χ1) is 10.1. The molecule has 0 spiro atoms. The van der Waals surface area contributed by atoms with E-state index >= 15 is 0 Å². The summed E-state index contributed by atoms with van der Waals surface area (Å²) >= 11 is 2.21. The highest BCUT2D eigenvalue weighted by molar-refractivity contribution is 14.1. The standard InChI is InChI=1S/C15H9IN2O3/c16-10-1-3-11(4-2-10)21-15-6-5-14(18(19)20)12-7-8-17-9-13(12)15/h1-9H. The highest BCUT2D eigenvalue weighted by atomic mass is 127. The molecule has 0 aliphatic rings. The van der Waals surface area contributed by atoms with Crippen LogP contribution in [0.2, 0.25) is 0 Å². The Labute approximate surface area is 133 Å². The summed E-state index contributed by atoms with van der Waals surface area (Å²) in [6, 6.07) is 12.2. The molecule has 0 amide bonds. The molecule has 1 heterocycles. The highest BCUT2D eigenvalue weighted by Gasteiger charge is 2.15. The number of nitro groups is 1. The first-order valence-electron chi connectivity index (χ1n) is 6.10. The molecule has 1 aromatic heterocycles. The van der Waals surface area contributed by atoms with E-state index in [9.17, 15) is 10.1 Å². The monoisotopic (exact) mass is 392 g/mol. The number of fused-ring (bicyclic) bond motifs is 1. The minimum absolute atomic E-state index is 0.0439. The molecule has 0 fully saturated rings. The van der Waals surface area contributed by atoms with Gasteiger partial charge in [-0.1, -0.05) is 0 Å². The van der Waals surface area contributed by atoms with Crippen molar-refractivity contribution in [1.82, 2.24) is 4.98 Å². The van der Waals surface area contributed by atoms with Gasteiger partial charge in [0.25, 0.3) is 5.69 Å². The number of pyridine rings is 1. The lowest BCUT2D eigenvalue weighted by molar-refractivity contribution is -0.383. The van der Waals surface area contributed by atoms with Gasteiger partial charge in [0.2, 0.25) is 0 Å². The minimum Gasteiger partial charge on any atom is -0.457 e. The van der Waals surface area contributed by atoms with Gasteiger partial charge in [-0.25, -0.2) is 0 Å². The van der Waals surface area contributed by atoms with Gasteiger partial charge in [-0.05, 0) is 59.0 Å². The lowest BCUT2D eigenvalue weighted by Crippen LogP contribution is -1.92. The summed E-state index contributed by atoms with van der Waals surface area (Å²) in [6.45, 7) is 0. The molecule has 0 saturated heterocycles. The lowest BCUT2D eigenvalue weighted by atomic mass is 10.1. The van der Waals surface area contributed by atoms with Crippen molar-refractivity contribution in [2.75, 3.05) is 0 Å². The minimum atomic E-state index is -0.406. The first-order valence-corrected chi connectivity index (χ1v) is 7.17. The molecule has 0 aliphatic heterocycles. The summed E-state index contributed by atoms with van der Waals surface area (Å²) in [5.74, 6) is 1.22. The van der Waals surface area contributed by atoms with E-state index in [1.807, 2.05) is 24.3 Å². The van der Waals surface area contributed by atoms with Crippen LogP contribution in [0.1, 0.15) is 0 Å². The molecular formula is C15H9IN2O3. The average Bonchev–Trinajstić information content (AvgIpc) is 2.49. The zero-order chi connectivity index (χ0) is 14.8. The van der Waals surface area contributed by atoms with Crippen LogP contribution < -0.4 is 4.74 Å². The molecule has 0 aliphatic carbocycles. The zero-order valence-corrected chi connectivity index (χ0v) is 12.9. The fourth-order valence-electron chi connectivity index (χ4n) is 2.03. The topological polar surface area (TPSA) is 65.3 Å². The van der Waals surface area contributed by atoms with Crippen LogP contribution in [0, 0.1) is 13.7 Å². The molecule has 6 heteroatoms. The average molecular weight is 392 g/mol. The Bertz CT molecular complexity index is 819. The Morgan fingerprint density at radius 3 is 2.52 bits per heavy atom. The summed E-state index contributed by atoms with van der Waals surface area (Å²) in [4.78, 5) is 14.7. The fourth-order valence-corrected chi connectivity index (χ4v) is 2.39. The quantitative estimate of drug-likeness (QED) is 0.373. The van der Waals surface area contributed by atoms with Crippen molar-refractivity contribution in [2.24, 2.45) is 0 Å². The molecule has 0 radical (unpaired) electrons. The molecule has 2 aromatic carbocycles. The maximum atomic E-state index is 11.1. The van der Waals surface area contributed by atoms with Crippen molar-refractivity contribution in [3.05, 3.63) is 68.5 Å². The smallest absolute Gasteiger partial charge is 0.277 e. The largest absolute Gasteiger partial charge is 0.457 e. The highest BCUT2D eigenvalue weighted by Crippen LogP contribution is 2.34. The Balaban J connectivity index is 2.09. The Morgan fingerprint density at radius 1 is 1.05 bits per heavy atom. The molecule has 21 heavy (non-hydrogen) atoms. The fraction of sp³-hybridized carbons (Fsp3) is 0. The van der Waals surface area contributed by atoms with Gasteiger partial charge in [-0.15, -0.1) is 0 Å². The summed E-state index contributed by atoms with van der Waals surface area (Å²) in [7, 11) is 0. The third-order valence-corrected chi connectivity index (χ3v) is 3.71. The molecule has 0 atom stereocenters. The van der Waals surface area contributed by atoms with Crippen LogP contribution in [0.15, 0.2) is 54.9 Å². The molecule has 0 saturated carbocycles. The zero-order valence-electron chi connectivity index (χ0n) is 10.7. The third kappa shape index (κ3) is 2.80. The molecular weight excluding hydrogens is 383 g/mol. The van der Waals surface area contributed by atoms with E-state index in [0.717, 1.165) is 3.57 Å². The van der Waals surface area contributed by atoms with Gasteiger partial charge < -0.3 is 4.74 Å². The van der Waals surface area contributed by atoms with Crippen molar-refractivity contribution >= 4 is 39.1 Å². The number of nitro benzene ring substituents is 1. The second kappa shape index (κ2) is 5.65. The number of halogens is 1. The predicted octanol–water partition coefficient (Wildman–Crippen LogP) is 4.54. The van der Waals surface area contributed by atoms with Crippen molar-refractivity contribution in [2.45, 2.75) is 0 Å². The molecule has 3 rings (SSSR count). The van der Waals surface area contributed by atoms with E-state index in [1.165, 1.54) is 12.3 Å². The van der Waals surface area contributed by atoms with Crippen LogP contribution in [0.4, 0.5) is 5.69 Å². The number of non-ortho nitro benzene ring substituents is 1. The van der Waals surface area contributed by atoms with Crippen LogP contribution in [0.3, 0.4) is 0 Å². The van der Waals surface area contributed by atoms with Gasteiger partial charge in [-0.3, -0.25) is 15.1 Å². The maximum absolute atomic E-state index is 11.1. The number of nitrogens with zero attached hydrogens (tertiary/aromatic N) is 2. The van der Waals surface area contributed by atoms with E-state index in [2.05, 4.69) is 27.6 Å². The molecule has 0 unspecified atom stereocenters. The number of hydrogen-bond donors (Lipinski definition) is 0. The molecule has 5 nitrogen and oxygen atoms in total. The normalized spacial score (nSPS) is 10.5. The third-order valence-electron chi connectivity index (χ3n) is 2.99. The van der Waals surface area contributed by atoms with Crippen LogP contribution >= 0.6 is 22.6 Å². The lowest BCUT2D eigenvalue weighted by Gasteiger charge is -2.09. The second-order valence-electron chi connectivity index (χ2n) is 4.32. The van der Waals surface area contributed by atoms with E-state index < -0.39 is 4.92 Å². The van der Waals surface area contributed by atoms with E-state index in [1.54, 1.807) is 18.3 Å².